The van der Waals surface area contributed by atoms with Crippen molar-refractivity contribution >= 4 is 21.6 Å². The first kappa shape index (κ1) is 10.9. The van der Waals surface area contributed by atoms with Gasteiger partial charge in [-0.15, -0.1) is 0 Å². The van der Waals surface area contributed by atoms with Crippen molar-refractivity contribution < 1.29 is 9.84 Å². The summed E-state index contributed by atoms with van der Waals surface area (Å²) in [5, 5.41) is 9.29. The zero-order valence-electron chi connectivity index (χ0n) is 8.45. The molecule has 3 nitrogen and oxygen atoms in total. The molecule has 1 heterocycles. The van der Waals surface area contributed by atoms with Gasteiger partial charge in [0.05, 0.1) is 19.8 Å². The van der Waals surface area contributed by atoms with Crippen molar-refractivity contribution in [2.75, 3.05) is 31.2 Å². The van der Waals surface area contributed by atoms with Gasteiger partial charge in [0, 0.05) is 28.8 Å². The van der Waals surface area contributed by atoms with Crippen LogP contribution >= 0.6 is 15.9 Å². The Kier molecular flexibility index (Phi) is 3.61. The minimum Gasteiger partial charge on any atom is -0.392 e. The van der Waals surface area contributed by atoms with Gasteiger partial charge in [-0.1, -0.05) is 15.9 Å². The molecule has 0 unspecified atom stereocenters. The molecule has 0 aromatic heterocycles. The molecule has 1 aliphatic rings. The molecule has 1 aromatic carbocycles. The van der Waals surface area contributed by atoms with Crippen LogP contribution in [0.2, 0.25) is 0 Å². The third kappa shape index (κ3) is 2.51. The van der Waals surface area contributed by atoms with Crippen molar-refractivity contribution in [1.29, 1.82) is 0 Å². The Labute approximate surface area is 97.8 Å². The summed E-state index contributed by atoms with van der Waals surface area (Å²) in [6.07, 6.45) is 0. The molecule has 1 N–H and O–H groups in total. The summed E-state index contributed by atoms with van der Waals surface area (Å²) in [6.45, 7) is 3.40. The first-order valence-corrected chi connectivity index (χ1v) is 5.82. The molecule has 0 saturated carbocycles. The zero-order valence-corrected chi connectivity index (χ0v) is 10.0. The summed E-state index contributed by atoms with van der Waals surface area (Å²) in [7, 11) is 0. The first-order chi connectivity index (χ1) is 7.31. The fraction of sp³-hybridized carbons (Fsp3) is 0.455. The van der Waals surface area contributed by atoms with Crippen molar-refractivity contribution in [3.8, 4) is 0 Å². The van der Waals surface area contributed by atoms with Crippen LogP contribution in [0, 0.1) is 0 Å². The Morgan fingerprint density at radius 2 is 2.07 bits per heavy atom. The number of ether oxygens (including phenoxy) is 1. The second kappa shape index (κ2) is 4.96. The second-order valence-electron chi connectivity index (χ2n) is 3.53. The van der Waals surface area contributed by atoms with Gasteiger partial charge in [-0.05, 0) is 18.2 Å². The van der Waals surface area contributed by atoms with Crippen LogP contribution in [-0.4, -0.2) is 31.4 Å². The highest BCUT2D eigenvalue weighted by Gasteiger charge is 2.14. The SMILES string of the molecule is OCc1cc(Br)ccc1N1CCOCC1. The molecule has 1 saturated heterocycles. The molecule has 0 radical (unpaired) electrons. The van der Waals surface area contributed by atoms with Crippen LogP contribution in [0.25, 0.3) is 0 Å². The molecule has 1 aliphatic heterocycles. The topological polar surface area (TPSA) is 32.7 Å². The summed E-state index contributed by atoms with van der Waals surface area (Å²) in [5.41, 5.74) is 2.08. The largest absolute Gasteiger partial charge is 0.392 e. The number of aliphatic hydroxyl groups is 1. The molecule has 1 aromatic rings. The Hall–Kier alpha value is -0.580. The Balaban J connectivity index is 2.25. The Bertz CT molecular complexity index is 337. The molecular weight excluding hydrogens is 258 g/mol. The maximum atomic E-state index is 9.29. The smallest absolute Gasteiger partial charge is 0.0702 e. The number of morpholine rings is 1. The standard InChI is InChI=1S/C11H14BrNO2/c12-10-1-2-11(9(7-10)8-14)13-3-5-15-6-4-13/h1-2,7,14H,3-6,8H2. The van der Waals surface area contributed by atoms with E-state index in [4.69, 9.17) is 4.74 Å². The molecule has 2 rings (SSSR count). The van der Waals surface area contributed by atoms with Crippen LogP contribution in [0.5, 0.6) is 0 Å². The van der Waals surface area contributed by atoms with Gasteiger partial charge in [0.1, 0.15) is 0 Å². The first-order valence-electron chi connectivity index (χ1n) is 5.03. The highest BCUT2D eigenvalue weighted by molar-refractivity contribution is 9.10. The summed E-state index contributed by atoms with van der Waals surface area (Å²) in [5.74, 6) is 0. The normalized spacial score (nSPS) is 16.8. The maximum Gasteiger partial charge on any atom is 0.0702 e. The lowest BCUT2D eigenvalue weighted by molar-refractivity contribution is 0.122. The molecular formula is C11H14BrNO2. The minimum absolute atomic E-state index is 0.0755. The van der Waals surface area contributed by atoms with E-state index in [-0.39, 0.29) is 6.61 Å². The van der Waals surface area contributed by atoms with E-state index in [1.54, 1.807) is 0 Å². The van der Waals surface area contributed by atoms with Crippen molar-refractivity contribution in [2.45, 2.75) is 6.61 Å². The predicted octanol–water partition coefficient (Wildman–Crippen LogP) is 1.78. The molecule has 0 aliphatic carbocycles. The summed E-state index contributed by atoms with van der Waals surface area (Å²) in [4.78, 5) is 2.25. The van der Waals surface area contributed by atoms with E-state index in [0.29, 0.717) is 0 Å². The zero-order chi connectivity index (χ0) is 10.7. The van der Waals surface area contributed by atoms with Crippen molar-refractivity contribution in [2.24, 2.45) is 0 Å². The van der Waals surface area contributed by atoms with Crippen LogP contribution in [0.15, 0.2) is 22.7 Å². The number of benzene rings is 1. The molecule has 4 heteroatoms. The molecule has 0 spiro atoms. The average molecular weight is 272 g/mol. The Morgan fingerprint density at radius 1 is 1.33 bits per heavy atom. The number of hydrogen-bond donors (Lipinski definition) is 1. The van der Waals surface area contributed by atoms with E-state index in [1.807, 2.05) is 18.2 Å². The quantitative estimate of drug-likeness (QED) is 0.890. The third-order valence-electron chi connectivity index (χ3n) is 2.56. The minimum atomic E-state index is 0.0755. The highest BCUT2D eigenvalue weighted by Crippen LogP contribution is 2.25. The molecule has 15 heavy (non-hydrogen) atoms. The van der Waals surface area contributed by atoms with Crippen molar-refractivity contribution in [3.05, 3.63) is 28.2 Å². The van der Waals surface area contributed by atoms with Gasteiger partial charge in [-0.3, -0.25) is 0 Å². The van der Waals surface area contributed by atoms with Gasteiger partial charge in [-0.25, -0.2) is 0 Å². The summed E-state index contributed by atoms with van der Waals surface area (Å²) >= 11 is 3.41. The molecule has 0 atom stereocenters. The van der Waals surface area contributed by atoms with Gasteiger partial charge >= 0.3 is 0 Å². The highest BCUT2D eigenvalue weighted by atomic mass is 79.9. The van der Waals surface area contributed by atoms with E-state index < -0.39 is 0 Å². The Morgan fingerprint density at radius 3 is 2.73 bits per heavy atom. The van der Waals surface area contributed by atoms with Crippen molar-refractivity contribution in [3.63, 3.8) is 0 Å². The number of nitrogens with zero attached hydrogens (tertiary/aromatic N) is 1. The van der Waals surface area contributed by atoms with E-state index >= 15 is 0 Å². The lowest BCUT2D eigenvalue weighted by atomic mass is 10.1. The number of rotatable bonds is 2. The van der Waals surface area contributed by atoms with E-state index in [9.17, 15) is 5.11 Å². The molecule has 82 valence electrons. The second-order valence-corrected chi connectivity index (χ2v) is 4.45. The van der Waals surface area contributed by atoms with Gasteiger partial charge in [0.15, 0.2) is 0 Å². The number of anilines is 1. The van der Waals surface area contributed by atoms with Gasteiger partial charge in [0.2, 0.25) is 0 Å². The molecule has 0 amide bonds. The molecule has 0 bridgehead atoms. The van der Waals surface area contributed by atoms with Crippen LogP contribution in [0.4, 0.5) is 5.69 Å². The van der Waals surface area contributed by atoms with E-state index in [1.165, 1.54) is 0 Å². The van der Waals surface area contributed by atoms with E-state index in [2.05, 4.69) is 20.8 Å². The number of halogens is 1. The lowest BCUT2D eigenvalue weighted by Gasteiger charge is -2.30. The van der Waals surface area contributed by atoms with Gasteiger partial charge in [-0.2, -0.15) is 0 Å². The number of aliphatic hydroxyl groups excluding tert-OH is 1. The lowest BCUT2D eigenvalue weighted by Crippen LogP contribution is -2.36. The maximum absolute atomic E-state index is 9.29. The van der Waals surface area contributed by atoms with Gasteiger partial charge in [0.25, 0.3) is 0 Å². The van der Waals surface area contributed by atoms with Gasteiger partial charge < -0.3 is 14.7 Å². The summed E-state index contributed by atoms with van der Waals surface area (Å²) in [6, 6.07) is 6.01. The third-order valence-corrected chi connectivity index (χ3v) is 3.06. The van der Waals surface area contributed by atoms with Crippen LogP contribution in [0.1, 0.15) is 5.56 Å². The molecule has 1 fully saturated rings. The predicted molar refractivity (Wildman–Crippen MR) is 63.1 cm³/mol. The van der Waals surface area contributed by atoms with E-state index in [0.717, 1.165) is 42.0 Å². The summed E-state index contributed by atoms with van der Waals surface area (Å²) < 4.78 is 6.31. The fourth-order valence-corrected chi connectivity index (χ4v) is 2.20. The monoisotopic (exact) mass is 271 g/mol. The average Bonchev–Trinajstić information content (AvgIpc) is 2.30. The van der Waals surface area contributed by atoms with Crippen LogP contribution in [-0.2, 0) is 11.3 Å². The number of hydrogen-bond acceptors (Lipinski definition) is 3. The fourth-order valence-electron chi connectivity index (χ4n) is 1.79. The van der Waals surface area contributed by atoms with Crippen molar-refractivity contribution in [1.82, 2.24) is 0 Å². The van der Waals surface area contributed by atoms with Crippen LogP contribution < -0.4 is 4.90 Å². The van der Waals surface area contributed by atoms with Crippen LogP contribution in [0.3, 0.4) is 0 Å².